The van der Waals surface area contributed by atoms with Crippen molar-refractivity contribution < 1.29 is 38.5 Å². The summed E-state index contributed by atoms with van der Waals surface area (Å²) < 4.78 is 0. The molecular formula is C14H24N2NaO8. The van der Waals surface area contributed by atoms with E-state index in [1.54, 1.807) is 27.7 Å². The summed E-state index contributed by atoms with van der Waals surface area (Å²) in [6.07, 6.45) is 0.276. The van der Waals surface area contributed by atoms with Gasteiger partial charge in [0.05, 0.1) is 13.1 Å². The van der Waals surface area contributed by atoms with Crippen LogP contribution in [-0.4, -0.2) is 77.0 Å². The van der Waals surface area contributed by atoms with Crippen molar-refractivity contribution in [2.75, 3.05) is 13.1 Å². The van der Waals surface area contributed by atoms with Crippen molar-refractivity contribution in [2.24, 2.45) is 0 Å². The van der Waals surface area contributed by atoms with Gasteiger partial charge in [0.25, 0.3) is 0 Å². The van der Waals surface area contributed by atoms with Gasteiger partial charge in [-0.1, -0.05) is 27.7 Å². The fourth-order valence-electron chi connectivity index (χ4n) is 1.10. The fourth-order valence-corrected chi connectivity index (χ4v) is 1.10. The fraction of sp³-hybridized carbons (Fsp3) is 0.714. The zero-order chi connectivity index (χ0) is 18.5. The second-order valence-corrected chi connectivity index (χ2v) is 4.38. The number of nitrogens with zero attached hydrogens (tertiary/aromatic N) is 2. The Balaban J connectivity index is 0. The number of hydroxylamine groups is 4. The molecule has 0 aliphatic carbocycles. The van der Waals surface area contributed by atoms with Gasteiger partial charge in [0, 0.05) is 65.7 Å². The standard InChI is InChI=1S/C14H24N2O8.Na/c1-5-11(17)21-15(22-12(18)6-2)9-10-16(23-13(19)7-3)24-14(20)8-4;/h5-10H2,1-4H3;. The first-order chi connectivity index (χ1) is 11.4. The van der Waals surface area contributed by atoms with E-state index < -0.39 is 23.9 Å². The summed E-state index contributed by atoms with van der Waals surface area (Å²) in [6.45, 7) is 5.87. The zero-order valence-corrected chi connectivity index (χ0v) is 17.4. The monoisotopic (exact) mass is 371 g/mol. The van der Waals surface area contributed by atoms with Crippen LogP contribution in [-0.2, 0) is 38.5 Å². The number of hydrogen-bond donors (Lipinski definition) is 0. The smallest absolute Gasteiger partial charge is 0.328 e. The van der Waals surface area contributed by atoms with Crippen LogP contribution in [0.5, 0.6) is 0 Å². The molecule has 0 heterocycles. The van der Waals surface area contributed by atoms with Crippen LogP contribution in [0.2, 0.25) is 0 Å². The second-order valence-electron chi connectivity index (χ2n) is 4.38. The van der Waals surface area contributed by atoms with Crippen molar-refractivity contribution in [3.05, 3.63) is 0 Å². The van der Waals surface area contributed by atoms with Crippen molar-refractivity contribution in [3.8, 4) is 0 Å². The molecule has 10 nitrogen and oxygen atoms in total. The van der Waals surface area contributed by atoms with E-state index in [2.05, 4.69) is 0 Å². The summed E-state index contributed by atoms with van der Waals surface area (Å²) >= 11 is 0. The predicted octanol–water partition coefficient (Wildman–Crippen LogP) is 0.682. The molecule has 0 N–H and O–H groups in total. The summed E-state index contributed by atoms with van der Waals surface area (Å²) in [5.74, 6) is -2.49. The third kappa shape index (κ3) is 12.8. The molecule has 0 atom stereocenters. The van der Waals surface area contributed by atoms with Gasteiger partial charge in [-0.2, -0.15) is 0 Å². The SMILES string of the molecule is CCC(=O)ON(CCN(OC(=O)CC)OC(=O)CC)OC(=O)CC.[Na]. The van der Waals surface area contributed by atoms with Crippen LogP contribution >= 0.6 is 0 Å². The molecule has 0 spiro atoms. The van der Waals surface area contributed by atoms with Crippen LogP contribution in [0.15, 0.2) is 0 Å². The van der Waals surface area contributed by atoms with E-state index in [0.29, 0.717) is 10.5 Å². The molecule has 0 fully saturated rings. The second kappa shape index (κ2) is 15.1. The average Bonchev–Trinajstić information content (AvgIpc) is 2.58. The van der Waals surface area contributed by atoms with Crippen molar-refractivity contribution in [2.45, 2.75) is 53.4 Å². The maximum Gasteiger partial charge on any atom is 0.328 e. The number of carbonyl (C=O) groups is 4. The molecule has 11 heteroatoms. The Morgan fingerprint density at radius 1 is 0.560 bits per heavy atom. The van der Waals surface area contributed by atoms with Gasteiger partial charge in [0.15, 0.2) is 0 Å². The third-order valence-corrected chi connectivity index (χ3v) is 2.43. The Morgan fingerprint density at radius 2 is 0.760 bits per heavy atom. The molecule has 0 saturated carbocycles. The van der Waals surface area contributed by atoms with Crippen molar-refractivity contribution >= 4 is 53.4 Å². The van der Waals surface area contributed by atoms with Gasteiger partial charge in [-0.25, -0.2) is 0 Å². The largest absolute Gasteiger partial charge is 0.333 e. The van der Waals surface area contributed by atoms with E-state index in [9.17, 15) is 19.2 Å². The Kier molecular flexibility index (Phi) is 15.7. The number of carbonyl (C=O) groups excluding carboxylic acids is 4. The van der Waals surface area contributed by atoms with Crippen LogP contribution in [0, 0.1) is 0 Å². The maximum absolute atomic E-state index is 11.3. The Morgan fingerprint density at radius 3 is 0.920 bits per heavy atom. The molecule has 0 bridgehead atoms. The summed E-state index contributed by atoms with van der Waals surface area (Å²) in [5, 5.41) is 1.31. The van der Waals surface area contributed by atoms with Crippen LogP contribution in [0.4, 0.5) is 0 Å². The Bertz CT molecular complexity index is 371. The van der Waals surface area contributed by atoms with Crippen LogP contribution in [0.3, 0.4) is 0 Å². The van der Waals surface area contributed by atoms with Gasteiger partial charge in [-0.05, 0) is 0 Å². The van der Waals surface area contributed by atoms with E-state index >= 15 is 0 Å². The minimum Gasteiger partial charge on any atom is -0.333 e. The summed E-state index contributed by atoms with van der Waals surface area (Å²) in [7, 11) is 0. The molecule has 25 heavy (non-hydrogen) atoms. The predicted molar refractivity (Wildman–Crippen MR) is 84.7 cm³/mol. The average molecular weight is 371 g/mol. The van der Waals surface area contributed by atoms with Gasteiger partial charge >= 0.3 is 23.9 Å². The first kappa shape index (κ1) is 26.0. The van der Waals surface area contributed by atoms with Crippen LogP contribution < -0.4 is 0 Å². The Labute approximate surface area is 168 Å². The quantitative estimate of drug-likeness (QED) is 0.380. The van der Waals surface area contributed by atoms with Gasteiger partial charge in [0.2, 0.25) is 0 Å². The third-order valence-electron chi connectivity index (χ3n) is 2.43. The minimum absolute atomic E-state index is 0. The molecule has 0 aromatic heterocycles. The van der Waals surface area contributed by atoms with Gasteiger partial charge in [-0.15, -0.1) is 0 Å². The van der Waals surface area contributed by atoms with Crippen molar-refractivity contribution in [1.29, 1.82) is 0 Å². The molecule has 0 aliphatic heterocycles. The normalized spacial score (nSPS) is 10.0. The molecule has 0 aromatic carbocycles. The van der Waals surface area contributed by atoms with Crippen LogP contribution in [0.25, 0.3) is 0 Å². The zero-order valence-electron chi connectivity index (χ0n) is 15.4. The maximum atomic E-state index is 11.3. The summed E-state index contributed by atoms with van der Waals surface area (Å²) in [4.78, 5) is 64.7. The van der Waals surface area contributed by atoms with E-state index in [1.807, 2.05) is 0 Å². The first-order valence-corrected chi connectivity index (χ1v) is 7.74. The van der Waals surface area contributed by atoms with Crippen LogP contribution in [0.1, 0.15) is 53.4 Å². The van der Waals surface area contributed by atoms with E-state index in [-0.39, 0.29) is 68.3 Å². The Hall–Kier alpha value is -1.20. The van der Waals surface area contributed by atoms with Gasteiger partial charge in [0.1, 0.15) is 0 Å². The van der Waals surface area contributed by atoms with E-state index in [4.69, 9.17) is 19.4 Å². The summed E-state index contributed by atoms with van der Waals surface area (Å²) in [5.41, 5.74) is 0. The molecule has 0 aromatic rings. The molecular weight excluding hydrogens is 347 g/mol. The molecule has 0 aliphatic rings. The minimum atomic E-state index is -0.624. The molecule has 0 unspecified atom stereocenters. The van der Waals surface area contributed by atoms with Crippen molar-refractivity contribution in [3.63, 3.8) is 0 Å². The first-order valence-electron chi connectivity index (χ1n) is 7.74. The summed E-state index contributed by atoms with van der Waals surface area (Å²) in [6, 6.07) is 0. The topological polar surface area (TPSA) is 112 Å². The van der Waals surface area contributed by atoms with Crippen molar-refractivity contribution in [1.82, 2.24) is 10.5 Å². The molecule has 0 amide bonds. The number of rotatable bonds is 11. The van der Waals surface area contributed by atoms with Gasteiger partial charge in [-0.3, -0.25) is 19.2 Å². The molecule has 0 rings (SSSR count). The van der Waals surface area contributed by atoms with E-state index in [0.717, 1.165) is 0 Å². The molecule has 139 valence electrons. The number of hydrogen-bond acceptors (Lipinski definition) is 10. The molecule has 0 saturated heterocycles. The van der Waals surface area contributed by atoms with Gasteiger partial charge < -0.3 is 19.4 Å². The molecule has 1 radical (unpaired) electrons. The van der Waals surface area contributed by atoms with E-state index in [1.165, 1.54) is 0 Å².